The maximum absolute atomic E-state index is 6.17. The summed E-state index contributed by atoms with van der Waals surface area (Å²) in [6, 6.07) is 8.90. The number of hydrogen-bond acceptors (Lipinski definition) is 4. The van der Waals surface area contributed by atoms with E-state index < -0.39 is 0 Å². The van der Waals surface area contributed by atoms with Gasteiger partial charge in [-0.1, -0.05) is 24.2 Å². The van der Waals surface area contributed by atoms with Crippen molar-refractivity contribution < 1.29 is 14.0 Å². The highest BCUT2D eigenvalue weighted by Gasteiger charge is 2.49. The molecule has 2 aliphatic heterocycles. The maximum Gasteiger partial charge on any atom is 0.487 e. The van der Waals surface area contributed by atoms with E-state index in [-0.39, 0.29) is 18.3 Å². The number of ether oxygens (including phenoxy) is 1. The van der Waals surface area contributed by atoms with E-state index in [1.54, 1.807) is 0 Å². The molecule has 2 aliphatic rings. The summed E-state index contributed by atoms with van der Waals surface area (Å²) in [5.41, 5.74) is 0.516. The second-order valence-electron chi connectivity index (χ2n) is 9.00. The van der Waals surface area contributed by atoms with Crippen LogP contribution in [0.2, 0.25) is 0 Å². The predicted molar refractivity (Wildman–Crippen MR) is 112 cm³/mol. The van der Waals surface area contributed by atoms with Crippen molar-refractivity contribution in [1.82, 2.24) is 4.90 Å². The molecular weight excluding hydrogens is 337 g/mol. The van der Waals surface area contributed by atoms with Crippen molar-refractivity contribution in [3.63, 3.8) is 0 Å². The average Bonchev–Trinajstić information content (AvgIpc) is 2.82. The summed E-state index contributed by atoms with van der Waals surface area (Å²) in [4.78, 5) is 2.52. The zero-order valence-electron chi connectivity index (χ0n) is 17.7. The molecule has 0 spiro atoms. The van der Waals surface area contributed by atoms with Gasteiger partial charge < -0.3 is 18.9 Å². The fourth-order valence-electron chi connectivity index (χ4n) is 3.52. The second kappa shape index (κ2) is 7.98. The van der Waals surface area contributed by atoms with Crippen molar-refractivity contribution in [2.24, 2.45) is 0 Å². The third-order valence-corrected chi connectivity index (χ3v) is 6.11. The number of hydrogen-bond donors (Lipinski definition) is 0. The van der Waals surface area contributed by atoms with E-state index >= 15 is 0 Å². The van der Waals surface area contributed by atoms with Crippen molar-refractivity contribution >= 4 is 13.2 Å². The first-order valence-electron chi connectivity index (χ1n) is 10.2. The van der Waals surface area contributed by atoms with Gasteiger partial charge in [0.1, 0.15) is 11.9 Å². The van der Waals surface area contributed by atoms with Crippen LogP contribution in [0, 0.1) is 0 Å². The summed E-state index contributed by atoms with van der Waals surface area (Å²) < 4.78 is 18.2. The van der Waals surface area contributed by atoms with Crippen LogP contribution in [0.15, 0.2) is 30.2 Å². The van der Waals surface area contributed by atoms with Crippen LogP contribution in [0.3, 0.4) is 0 Å². The van der Waals surface area contributed by atoms with E-state index in [4.69, 9.17) is 14.0 Å². The topological polar surface area (TPSA) is 30.9 Å². The zero-order valence-corrected chi connectivity index (χ0v) is 17.7. The smallest absolute Gasteiger partial charge is 0.487 e. The molecule has 0 radical (unpaired) electrons. The van der Waals surface area contributed by atoms with Gasteiger partial charge in [-0.3, -0.25) is 0 Å². The van der Waals surface area contributed by atoms with Crippen molar-refractivity contribution in [2.75, 3.05) is 13.1 Å². The number of nitrogens with zero attached hydrogens (tertiary/aromatic N) is 1. The van der Waals surface area contributed by atoms with Crippen LogP contribution in [-0.2, 0) is 9.31 Å². The minimum absolute atomic E-state index is 0.301. The lowest BCUT2D eigenvalue weighted by atomic mass is 9.89. The molecule has 27 heavy (non-hydrogen) atoms. The van der Waals surface area contributed by atoms with Crippen LogP contribution in [0.5, 0.6) is 5.75 Å². The van der Waals surface area contributed by atoms with E-state index in [1.165, 1.54) is 0 Å². The Labute approximate surface area is 165 Å². The molecule has 0 atom stereocenters. The van der Waals surface area contributed by atoms with Gasteiger partial charge in [-0.05, 0) is 72.1 Å². The first-order chi connectivity index (χ1) is 12.7. The molecule has 2 fully saturated rings. The Kier molecular flexibility index (Phi) is 6.04. The first-order valence-corrected chi connectivity index (χ1v) is 10.2. The van der Waals surface area contributed by atoms with E-state index in [1.807, 2.05) is 12.1 Å². The monoisotopic (exact) mass is 371 g/mol. The summed E-state index contributed by atoms with van der Waals surface area (Å²) in [7, 11) is -0.308. The molecule has 0 amide bonds. The van der Waals surface area contributed by atoms with E-state index in [2.05, 4.69) is 70.7 Å². The molecule has 2 heterocycles. The molecule has 5 heteroatoms. The molecule has 0 aromatic heterocycles. The number of rotatable bonds is 5. The van der Waals surface area contributed by atoms with Gasteiger partial charge in [-0.2, -0.15) is 0 Å². The average molecular weight is 371 g/mol. The van der Waals surface area contributed by atoms with Crippen LogP contribution in [0.4, 0.5) is 0 Å². The number of piperidine rings is 1. The summed E-state index contributed by atoms with van der Waals surface area (Å²) in [6.07, 6.45) is 4.57. The summed E-state index contributed by atoms with van der Waals surface area (Å²) in [6.45, 7) is 15.0. The van der Waals surface area contributed by atoms with Crippen LogP contribution in [-0.4, -0.2) is 48.5 Å². The summed E-state index contributed by atoms with van der Waals surface area (Å²) in [5, 5.41) is 0. The van der Waals surface area contributed by atoms with Crippen molar-refractivity contribution in [2.45, 2.75) is 77.7 Å². The van der Waals surface area contributed by atoms with E-state index in [9.17, 15) is 0 Å². The Hall–Kier alpha value is -1.30. The Balaban J connectivity index is 1.51. The van der Waals surface area contributed by atoms with Gasteiger partial charge in [0.15, 0.2) is 0 Å². The molecule has 3 rings (SSSR count). The Morgan fingerprint density at radius 2 is 1.59 bits per heavy atom. The zero-order chi connectivity index (χ0) is 19.7. The molecule has 148 valence electrons. The van der Waals surface area contributed by atoms with Crippen LogP contribution in [0.1, 0.15) is 59.9 Å². The van der Waals surface area contributed by atoms with Crippen molar-refractivity contribution in [3.8, 4) is 5.75 Å². The van der Waals surface area contributed by atoms with Gasteiger partial charge >= 0.3 is 7.12 Å². The maximum atomic E-state index is 6.17. The molecule has 0 N–H and O–H groups in total. The predicted octanol–water partition coefficient (Wildman–Crippen LogP) is 4.58. The largest absolute Gasteiger partial charge is 0.490 e. The molecule has 0 saturated carbocycles. The first kappa shape index (κ1) is 20.4. The van der Waals surface area contributed by atoms with E-state index in [0.29, 0.717) is 12.1 Å². The summed E-state index contributed by atoms with van der Waals surface area (Å²) >= 11 is 0. The van der Waals surface area contributed by atoms with E-state index in [0.717, 1.165) is 37.2 Å². The van der Waals surface area contributed by atoms with Gasteiger partial charge in [-0.25, -0.2) is 0 Å². The van der Waals surface area contributed by atoms with Gasteiger partial charge in [-0.15, -0.1) is 0 Å². The second-order valence-corrected chi connectivity index (χ2v) is 9.00. The standard InChI is InChI=1S/C22H34BNO3/c1-17(2)24-15-12-20(13-16-24)25-19-9-7-18(8-10-19)11-14-23-26-21(3,4)22(5,6)27-23/h7-11,14,17,20H,12-13,15-16H2,1-6H3/b14-11+. The molecule has 0 unspecified atom stereocenters. The quantitative estimate of drug-likeness (QED) is 0.709. The molecular formula is C22H34BNO3. The molecule has 4 nitrogen and oxygen atoms in total. The highest BCUT2D eigenvalue weighted by molar-refractivity contribution is 6.52. The lowest BCUT2D eigenvalue weighted by Gasteiger charge is -2.34. The van der Waals surface area contributed by atoms with Crippen LogP contribution < -0.4 is 4.74 Å². The SMILES string of the molecule is CC(C)N1CCC(Oc2ccc(/C=C/B3OC(C)(C)C(C)(C)O3)cc2)CC1. The Morgan fingerprint density at radius 3 is 2.11 bits per heavy atom. The fourth-order valence-corrected chi connectivity index (χ4v) is 3.52. The highest BCUT2D eigenvalue weighted by Crippen LogP contribution is 2.37. The van der Waals surface area contributed by atoms with Crippen molar-refractivity contribution in [1.29, 1.82) is 0 Å². The highest BCUT2D eigenvalue weighted by atomic mass is 16.7. The lowest BCUT2D eigenvalue weighted by molar-refractivity contribution is 0.00578. The molecule has 0 bridgehead atoms. The molecule has 1 aromatic rings. The lowest BCUT2D eigenvalue weighted by Crippen LogP contribution is -2.41. The van der Waals surface area contributed by atoms with Crippen LogP contribution in [0.25, 0.3) is 6.08 Å². The van der Waals surface area contributed by atoms with Crippen molar-refractivity contribution in [3.05, 3.63) is 35.8 Å². The third kappa shape index (κ3) is 4.95. The molecule has 2 saturated heterocycles. The minimum atomic E-state index is -0.308. The Morgan fingerprint density at radius 1 is 1.04 bits per heavy atom. The molecule has 0 aliphatic carbocycles. The van der Waals surface area contributed by atoms with Gasteiger partial charge in [0, 0.05) is 19.1 Å². The number of likely N-dealkylation sites (tertiary alicyclic amines) is 1. The normalized spacial score (nSPS) is 23.4. The van der Waals surface area contributed by atoms with Crippen LogP contribution >= 0.6 is 0 Å². The van der Waals surface area contributed by atoms with Gasteiger partial charge in [0.05, 0.1) is 11.2 Å². The van der Waals surface area contributed by atoms with Gasteiger partial charge in [0.2, 0.25) is 0 Å². The summed E-state index contributed by atoms with van der Waals surface area (Å²) in [5.74, 6) is 2.93. The number of benzene rings is 1. The van der Waals surface area contributed by atoms with Gasteiger partial charge in [0.25, 0.3) is 0 Å². The minimum Gasteiger partial charge on any atom is -0.490 e. The molecule has 1 aromatic carbocycles. The fraction of sp³-hybridized carbons (Fsp3) is 0.636. The Bertz CT molecular complexity index is 630. The third-order valence-electron chi connectivity index (χ3n) is 6.11.